The van der Waals surface area contributed by atoms with Gasteiger partial charge in [0, 0.05) is 20.2 Å². The molecule has 1 aromatic rings. The van der Waals surface area contributed by atoms with Crippen LogP contribution in [0.1, 0.15) is 24.2 Å². The summed E-state index contributed by atoms with van der Waals surface area (Å²) in [7, 11) is 1.56. The maximum atomic E-state index is 12.2. The highest BCUT2D eigenvalue weighted by Crippen LogP contribution is 2.20. The average Bonchev–Trinajstić information content (AvgIpc) is 2.47. The number of hydrogen-bond acceptors (Lipinski definition) is 4. The Morgan fingerprint density at radius 1 is 1.29 bits per heavy atom. The summed E-state index contributed by atoms with van der Waals surface area (Å²) in [6.45, 7) is 4.57. The highest BCUT2D eigenvalue weighted by molar-refractivity contribution is 6.04. The van der Waals surface area contributed by atoms with Gasteiger partial charge in [-0.15, -0.1) is 0 Å². The van der Waals surface area contributed by atoms with E-state index in [-0.39, 0.29) is 18.4 Å². The Labute approximate surface area is 125 Å². The van der Waals surface area contributed by atoms with Gasteiger partial charge in [0.05, 0.1) is 23.3 Å². The van der Waals surface area contributed by atoms with Crippen molar-refractivity contribution in [3.63, 3.8) is 0 Å². The van der Waals surface area contributed by atoms with E-state index >= 15 is 0 Å². The third-order valence-electron chi connectivity index (χ3n) is 3.14. The Morgan fingerprint density at radius 2 is 1.95 bits per heavy atom. The quantitative estimate of drug-likeness (QED) is 0.653. The summed E-state index contributed by atoms with van der Waals surface area (Å²) in [5.41, 5.74) is 5.77. The van der Waals surface area contributed by atoms with Gasteiger partial charge in [-0.3, -0.25) is 9.59 Å². The second-order valence-corrected chi connectivity index (χ2v) is 5.34. The minimum Gasteiger partial charge on any atom is -0.383 e. The SMILES string of the molecule is COCCNC(=O)c1ccccc1NC(=O)C(C)(C)CN. The van der Waals surface area contributed by atoms with Crippen LogP contribution in [0.25, 0.3) is 0 Å². The van der Waals surface area contributed by atoms with Crippen molar-refractivity contribution < 1.29 is 14.3 Å². The van der Waals surface area contributed by atoms with Crippen LogP contribution in [-0.4, -0.2) is 38.6 Å². The molecule has 6 heteroatoms. The first-order chi connectivity index (χ1) is 9.92. The van der Waals surface area contributed by atoms with Crippen molar-refractivity contribution in [3.8, 4) is 0 Å². The topological polar surface area (TPSA) is 93.5 Å². The van der Waals surface area contributed by atoms with Crippen molar-refractivity contribution in [2.45, 2.75) is 13.8 Å². The van der Waals surface area contributed by atoms with Gasteiger partial charge in [-0.25, -0.2) is 0 Å². The van der Waals surface area contributed by atoms with Crippen LogP contribution in [0.15, 0.2) is 24.3 Å². The molecule has 0 saturated carbocycles. The lowest BCUT2D eigenvalue weighted by atomic mass is 9.92. The first-order valence-electron chi connectivity index (χ1n) is 6.80. The Balaban J connectivity index is 2.84. The summed E-state index contributed by atoms with van der Waals surface area (Å²) < 4.78 is 4.88. The summed E-state index contributed by atoms with van der Waals surface area (Å²) in [6.07, 6.45) is 0. The summed E-state index contributed by atoms with van der Waals surface area (Å²) in [5, 5.41) is 5.49. The van der Waals surface area contributed by atoms with E-state index in [1.165, 1.54) is 0 Å². The van der Waals surface area contributed by atoms with Crippen LogP contribution in [-0.2, 0) is 9.53 Å². The third-order valence-corrected chi connectivity index (χ3v) is 3.14. The fourth-order valence-corrected chi connectivity index (χ4v) is 1.54. The molecule has 0 atom stereocenters. The first kappa shape index (κ1) is 17.1. The monoisotopic (exact) mass is 293 g/mol. The number of ether oxygens (including phenoxy) is 1. The predicted octanol–water partition coefficient (Wildman–Crippen LogP) is 0.986. The largest absolute Gasteiger partial charge is 0.383 e. The van der Waals surface area contributed by atoms with Gasteiger partial charge in [-0.1, -0.05) is 12.1 Å². The van der Waals surface area contributed by atoms with Crippen molar-refractivity contribution in [1.82, 2.24) is 5.32 Å². The van der Waals surface area contributed by atoms with Gasteiger partial charge in [0.15, 0.2) is 0 Å². The Morgan fingerprint density at radius 3 is 2.57 bits per heavy atom. The van der Waals surface area contributed by atoms with Gasteiger partial charge in [-0.2, -0.15) is 0 Å². The molecule has 1 aromatic carbocycles. The number of para-hydroxylation sites is 1. The number of rotatable bonds is 7. The van der Waals surface area contributed by atoms with E-state index in [0.29, 0.717) is 24.4 Å². The van der Waals surface area contributed by atoms with E-state index in [0.717, 1.165) is 0 Å². The Kier molecular flexibility index (Phi) is 6.33. The maximum Gasteiger partial charge on any atom is 0.253 e. The van der Waals surface area contributed by atoms with Crippen molar-refractivity contribution in [3.05, 3.63) is 29.8 Å². The number of nitrogens with one attached hydrogen (secondary N) is 2. The first-order valence-corrected chi connectivity index (χ1v) is 6.80. The summed E-state index contributed by atoms with van der Waals surface area (Å²) in [6, 6.07) is 6.86. The zero-order valence-electron chi connectivity index (χ0n) is 12.7. The molecule has 0 aromatic heterocycles. The van der Waals surface area contributed by atoms with Crippen LogP contribution in [0.2, 0.25) is 0 Å². The van der Waals surface area contributed by atoms with Crippen molar-refractivity contribution in [2.75, 3.05) is 32.1 Å². The zero-order valence-corrected chi connectivity index (χ0v) is 12.7. The third kappa shape index (κ3) is 4.84. The molecule has 0 aliphatic rings. The number of methoxy groups -OCH3 is 1. The number of carbonyl (C=O) groups excluding carboxylic acids is 2. The fraction of sp³-hybridized carbons (Fsp3) is 0.467. The Hall–Kier alpha value is -1.92. The molecule has 0 bridgehead atoms. The summed E-state index contributed by atoms with van der Waals surface area (Å²) in [5.74, 6) is -0.476. The molecule has 0 radical (unpaired) electrons. The average molecular weight is 293 g/mol. The maximum absolute atomic E-state index is 12.2. The molecule has 2 amide bonds. The van der Waals surface area contributed by atoms with E-state index in [4.69, 9.17) is 10.5 Å². The van der Waals surface area contributed by atoms with Crippen molar-refractivity contribution in [1.29, 1.82) is 0 Å². The van der Waals surface area contributed by atoms with Gasteiger partial charge in [0.25, 0.3) is 5.91 Å². The molecule has 0 aliphatic carbocycles. The van der Waals surface area contributed by atoms with Gasteiger partial charge in [0.2, 0.25) is 5.91 Å². The standard InChI is InChI=1S/C15H23N3O3/c1-15(2,10-16)14(20)18-12-7-5-4-6-11(12)13(19)17-8-9-21-3/h4-7H,8-10,16H2,1-3H3,(H,17,19)(H,18,20). The lowest BCUT2D eigenvalue weighted by molar-refractivity contribution is -0.123. The van der Waals surface area contributed by atoms with Gasteiger partial charge in [0.1, 0.15) is 0 Å². The summed E-state index contributed by atoms with van der Waals surface area (Å²) >= 11 is 0. The van der Waals surface area contributed by atoms with Gasteiger partial charge < -0.3 is 21.1 Å². The molecule has 0 saturated heterocycles. The van der Waals surface area contributed by atoms with Crippen LogP contribution in [0.4, 0.5) is 5.69 Å². The molecule has 1 rings (SSSR count). The lowest BCUT2D eigenvalue weighted by Gasteiger charge is -2.22. The van der Waals surface area contributed by atoms with Crippen molar-refractivity contribution >= 4 is 17.5 Å². The minimum atomic E-state index is -0.695. The van der Waals surface area contributed by atoms with E-state index in [2.05, 4.69) is 10.6 Å². The molecule has 21 heavy (non-hydrogen) atoms. The van der Waals surface area contributed by atoms with Gasteiger partial charge >= 0.3 is 0 Å². The Bertz CT molecular complexity index is 501. The van der Waals surface area contributed by atoms with E-state index in [1.54, 1.807) is 45.2 Å². The number of nitrogens with two attached hydrogens (primary N) is 1. The number of benzene rings is 1. The summed E-state index contributed by atoms with van der Waals surface area (Å²) in [4.78, 5) is 24.3. The number of amides is 2. The molecule has 116 valence electrons. The van der Waals surface area contributed by atoms with Gasteiger partial charge in [-0.05, 0) is 26.0 Å². The molecular weight excluding hydrogens is 270 g/mol. The minimum absolute atomic E-state index is 0.220. The number of hydrogen-bond donors (Lipinski definition) is 3. The molecule has 0 spiro atoms. The number of carbonyl (C=O) groups is 2. The zero-order chi connectivity index (χ0) is 15.9. The van der Waals surface area contributed by atoms with E-state index in [9.17, 15) is 9.59 Å². The molecule has 6 nitrogen and oxygen atoms in total. The van der Waals surface area contributed by atoms with Crippen LogP contribution in [0.3, 0.4) is 0 Å². The van der Waals surface area contributed by atoms with E-state index < -0.39 is 5.41 Å². The highest BCUT2D eigenvalue weighted by Gasteiger charge is 2.26. The normalized spacial score (nSPS) is 11.0. The lowest BCUT2D eigenvalue weighted by Crippen LogP contribution is -2.38. The second kappa shape index (κ2) is 7.75. The predicted molar refractivity (Wildman–Crippen MR) is 82.1 cm³/mol. The highest BCUT2D eigenvalue weighted by atomic mass is 16.5. The van der Waals surface area contributed by atoms with Crippen LogP contribution in [0.5, 0.6) is 0 Å². The number of anilines is 1. The van der Waals surface area contributed by atoms with E-state index in [1.807, 2.05) is 0 Å². The molecule has 4 N–H and O–H groups in total. The molecule has 0 fully saturated rings. The van der Waals surface area contributed by atoms with Crippen LogP contribution < -0.4 is 16.4 Å². The molecule has 0 unspecified atom stereocenters. The van der Waals surface area contributed by atoms with Crippen molar-refractivity contribution in [2.24, 2.45) is 11.1 Å². The molecule has 0 heterocycles. The molecule has 0 aliphatic heterocycles. The smallest absolute Gasteiger partial charge is 0.253 e. The fourth-order valence-electron chi connectivity index (χ4n) is 1.54. The second-order valence-electron chi connectivity index (χ2n) is 5.34. The van der Waals surface area contributed by atoms with Crippen LogP contribution >= 0.6 is 0 Å². The van der Waals surface area contributed by atoms with Crippen LogP contribution in [0, 0.1) is 5.41 Å². The molecular formula is C15H23N3O3.